The molecule has 2 amide bonds. The third-order valence-corrected chi connectivity index (χ3v) is 7.26. The molecule has 1 aliphatic heterocycles. The van der Waals surface area contributed by atoms with Gasteiger partial charge in [0.1, 0.15) is 5.75 Å². The summed E-state index contributed by atoms with van der Waals surface area (Å²) in [5.41, 5.74) is 0.938. The number of carbonyl (C=O) groups is 2. The van der Waals surface area contributed by atoms with Crippen LogP contribution in [0.25, 0.3) is 0 Å². The number of fused-ring (bicyclic) bond motifs is 1. The minimum atomic E-state index is -4.45. The Morgan fingerprint density at radius 2 is 1.74 bits per heavy atom. The van der Waals surface area contributed by atoms with Crippen LogP contribution in [0.3, 0.4) is 0 Å². The molecule has 1 aliphatic carbocycles. The van der Waals surface area contributed by atoms with Gasteiger partial charge in [-0.25, -0.2) is 0 Å². The van der Waals surface area contributed by atoms with Crippen molar-refractivity contribution in [3.63, 3.8) is 0 Å². The lowest BCUT2D eigenvalue weighted by Crippen LogP contribution is -2.30. The van der Waals surface area contributed by atoms with E-state index in [-0.39, 0.29) is 23.6 Å². The van der Waals surface area contributed by atoms with Crippen LogP contribution in [0.15, 0.2) is 42.5 Å². The Labute approximate surface area is 207 Å². The highest BCUT2D eigenvalue weighted by Crippen LogP contribution is 2.39. The van der Waals surface area contributed by atoms with Crippen LogP contribution in [-0.4, -0.2) is 35.6 Å². The second-order valence-corrected chi connectivity index (χ2v) is 10.00. The summed E-state index contributed by atoms with van der Waals surface area (Å²) in [6, 6.07) is 10.8. The number of benzene rings is 2. The highest BCUT2D eigenvalue weighted by Gasteiger charge is 2.36. The zero-order valence-corrected chi connectivity index (χ0v) is 20.4. The summed E-state index contributed by atoms with van der Waals surface area (Å²) in [6.07, 6.45) is 0.0339. The van der Waals surface area contributed by atoms with Crippen LogP contribution < -0.4 is 9.46 Å². The van der Waals surface area contributed by atoms with Crippen molar-refractivity contribution in [2.45, 2.75) is 51.2 Å². The van der Waals surface area contributed by atoms with E-state index < -0.39 is 11.7 Å². The number of ether oxygens (including phenoxy) is 1. The minimum Gasteiger partial charge on any atom is -0.493 e. The van der Waals surface area contributed by atoms with Crippen molar-refractivity contribution in [3.8, 4) is 5.75 Å². The molecule has 0 saturated heterocycles. The van der Waals surface area contributed by atoms with Crippen LogP contribution in [0.1, 0.15) is 76.9 Å². The Kier molecular flexibility index (Phi) is 8.06. The maximum Gasteiger partial charge on any atom is 0.419 e. The van der Waals surface area contributed by atoms with E-state index in [4.69, 9.17) is 4.74 Å². The predicted molar refractivity (Wildman–Crippen MR) is 129 cm³/mol. The van der Waals surface area contributed by atoms with E-state index in [0.717, 1.165) is 49.5 Å². The third-order valence-electron chi connectivity index (χ3n) is 6.25. The smallest absolute Gasteiger partial charge is 0.419 e. The average molecular weight is 507 g/mol. The fraction of sp³-hybridized carbons (Fsp3) is 0.462. The molecule has 5 nitrogen and oxygen atoms in total. The molecular weight excluding hydrogens is 477 g/mol. The van der Waals surface area contributed by atoms with Crippen molar-refractivity contribution in [2.24, 2.45) is 5.92 Å². The zero-order chi connectivity index (χ0) is 25.0. The maximum atomic E-state index is 13.3. The molecule has 9 heteroatoms. The molecule has 0 spiro atoms. The summed E-state index contributed by atoms with van der Waals surface area (Å²) < 4.78 is 48.8. The van der Waals surface area contributed by atoms with Crippen molar-refractivity contribution in [2.75, 3.05) is 18.9 Å². The van der Waals surface area contributed by atoms with Gasteiger partial charge in [-0.2, -0.15) is 13.2 Å². The Hall–Kier alpha value is -2.52. The molecule has 0 radical (unpaired) electrons. The zero-order valence-electron chi connectivity index (χ0n) is 19.6. The first-order valence-corrected chi connectivity index (χ1v) is 12.9. The first-order chi connectivity index (χ1) is 16.8. The summed E-state index contributed by atoms with van der Waals surface area (Å²) in [5, 5.41) is 0. The van der Waals surface area contributed by atoms with Crippen molar-refractivity contribution >= 4 is 23.8 Å². The highest BCUT2D eigenvalue weighted by atomic mass is 32.2. The van der Waals surface area contributed by atoms with Crippen LogP contribution in [0.2, 0.25) is 0 Å². The highest BCUT2D eigenvalue weighted by molar-refractivity contribution is 7.97. The topological polar surface area (TPSA) is 58.6 Å². The summed E-state index contributed by atoms with van der Waals surface area (Å²) in [6.45, 7) is 2.63. The van der Waals surface area contributed by atoms with Crippen molar-refractivity contribution in [1.82, 2.24) is 9.62 Å². The SMILES string of the molecule is C[C@H](NSCCCCCN1C(=O)c2ccccc2C1=O)c1ccc(C(F)(F)F)c(OCC2CC2)c1. The second-order valence-electron chi connectivity index (χ2n) is 9.06. The summed E-state index contributed by atoms with van der Waals surface area (Å²) in [5.74, 6) is 0.606. The van der Waals surface area contributed by atoms with E-state index in [1.165, 1.54) is 29.0 Å². The number of hydrogen-bond acceptors (Lipinski definition) is 5. The van der Waals surface area contributed by atoms with Gasteiger partial charge in [-0.05, 0) is 68.4 Å². The molecule has 1 heterocycles. The van der Waals surface area contributed by atoms with Crippen LogP contribution >= 0.6 is 11.9 Å². The van der Waals surface area contributed by atoms with E-state index >= 15 is 0 Å². The molecule has 0 bridgehead atoms. The molecule has 4 rings (SSSR count). The number of amides is 2. The van der Waals surface area contributed by atoms with Gasteiger partial charge < -0.3 is 4.74 Å². The Balaban J connectivity index is 1.18. The number of imide groups is 1. The lowest BCUT2D eigenvalue weighted by molar-refractivity contribution is -0.139. The van der Waals surface area contributed by atoms with Gasteiger partial charge in [-0.15, -0.1) is 0 Å². The van der Waals surface area contributed by atoms with Gasteiger partial charge >= 0.3 is 6.18 Å². The van der Waals surface area contributed by atoms with Crippen LogP contribution in [0.4, 0.5) is 13.2 Å². The number of nitrogens with one attached hydrogen (secondary N) is 1. The van der Waals surface area contributed by atoms with Crippen molar-refractivity contribution in [3.05, 3.63) is 64.7 Å². The standard InChI is InChI=1S/C26H29F3N2O3S/c1-17(19-11-12-22(26(27,28)29)23(15-19)34-16-18-9-10-18)30-35-14-6-2-5-13-31-24(32)20-7-3-4-8-21(20)25(31)33/h3-4,7-8,11-12,15,17-18,30H,2,5-6,9-10,13-14,16H2,1H3/t17-/m0/s1. The molecule has 0 aromatic heterocycles. The molecule has 2 aliphatic rings. The summed E-state index contributed by atoms with van der Waals surface area (Å²) >= 11 is 1.51. The summed E-state index contributed by atoms with van der Waals surface area (Å²) in [7, 11) is 0. The van der Waals surface area contributed by atoms with Gasteiger partial charge in [0, 0.05) is 18.3 Å². The lowest BCUT2D eigenvalue weighted by Gasteiger charge is -2.18. The monoisotopic (exact) mass is 506 g/mol. The van der Waals surface area contributed by atoms with E-state index in [0.29, 0.717) is 30.2 Å². The number of nitrogens with zero attached hydrogens (tertiary/aromatic N) is 1. The fourth-order valence-electron chi connectivity index (χ4n) is 3.97. The Bertz CT molecular complexity index is 1040. The van der Waals surface area contributed by atoms with E-state index in [9.17, 15) is 22.8 Å². The molecule has 1 N–H and O–H groups in total. The van der Waals surface area contributed by atoms with Gasteiger partial charge in [-0.1, -0.05) is 36.6 Å². The largest absolute Gasteiger partial charge is 0.493 e. The third kappa shape index (κ3) is 6.38. The average Bonchev–Trinajstić information content (AvgIpc) is 3.63. The summed E-state index contributed by atoms with van der Waals surface area (Å²) in [4.78, 5) is 26.1. The number of carbonyl (C=O) groups excluding carboxylic acids is 2. The van der Waals surface area contributed by atoms with Gasteiger partial charge in [0.15, 0.2) is 0 Å². The lowest BCUT2D eigenvalue weighted by atomic mass is 10.1. The normalized spacial score (nSPS) is 16.5. The number of halogens is 3. The van der Waals surface area contributed by atoms with Crippen LogP contribution in [0, 0.1) is 5.92 Å². The van der Waals surface area contributed by atoms with Crippen molar-refractivity contribution < 1.29 is 27.5 Å². The molecular formula is C26H29F3N2O3S. The van der Waals surface area contributed by atoms with Gasteiger partial charge in [0.25, 0.3) is 11.8 Å². The minimum absolute atomic E-state index is 0.103. The Morgan fingerprint density at radius 3 is 2.37 bits per heavy atom. The molecule has 1 saturated carbocycles. The Morgan fingerprint density at radius 1 is 1.06 bits per heavy atom. The number of rotatable bonds is 12. The van der Waals surface area contributed by atoms with E-state index in [2.05, 4.69) is 4.72 Å². The molecule has 0 unspecified atom stereocenters. The first kappa shape index (κ1) is 25.6. The number of hydrogen-bond donors (Lipinski definition) is 1. The molecule has 2 aromatic rings. The molecule has 2 aromatic carbocycles. The molecule has 35 heavy (non-hydrogen) atoms. The fourth-order valence-corrected chi connectivity index (χ4v) is 4.82. The van der Waals surface area contributed by atoms with Crippen LogP contribution in [0.5, 0.6) is 5.75 Å². The maximum absolute atomic E-state index is 13.3. The van der Waals surface area contributed by atoms with Crippen molar-refractivity contribution in [1.29, 1.82) is 0 Å². The van der Waals surface area contributed by atoms with Crippen LogP contribution in [-0.2, 0) is 6.18 Å². The number of unbranched alkanes of at least 4 members (excludes halogenated alkanes) is 2. The van der Waals surface area contributed by atoms with E-state index in [1.807, 2.05) is 6.92 Å². The molecule has 1 fully saturated rings. The van der Waals surface area contributed by atoms with Gasteiger partial charge in [0.2, 0.25) is 0 Å². The van der Waals surface area contributed by atoms with Gasteiger partial charge in [0.05, 0.1) is 23.3 Å². The number of alkyl halides is 3. The first-order valence-electron chi connectivity index (χ1n) is 11.9. The molecule has 188 valence electrons. The van der Waals surface area contributed by atoms with Gasteiger partial charge in [-0.3, -0.25) is 19.2 Å². The predicted octanol–water partition coefficient (Wildman–Crippen LogP) is 6.26. The second kappa shape index (κ2) is 11.0. The quantitative estimate of drug-likeness (QED) is 0.209. The van der Waals surface area contributed by atoms with E-state index in [1.54, 1.807) is 24.3 Å². The molecule has 1 atom stereocenters.